The maximum absolute atomic E-state index is 6.61. The molecule has 1 fully saturated rings. The van der Waals surface area contributed by atoms with Crippen LogP contribution in [0.5, 0.6) is 0 Å². The van der Waals surface area contributed by atoms with Crippen LogP contribution in [-0.4, -0.2) is 17.7 Å². The Kier molecular flexibility index (Phi) is 4.09. The predicted molar refractivity (Wildman–Crippen MR) is 75.9 cm³/mol. The minimum atomic E-state index is -0.282. The molecular weight excluding hydrogens is 244 g/mol. The highest BCUT2D eigenvalue weighted by Crippen LogP contribution is 2.37. The van der Waals surface area contributed by atoms with Crippen LogP contribution in [-0.2, 0) is 16.7 Å². The fourth-order valence-corrected chi connectivity index (χ4v) is 3.65. The Morgan fingerprint density at radius 1 is 1.56 bits per heavy atom. The largest absolute Gasteiger partial charge is 0.378 e. The van der Waals surface area contributed by atoms with Crippen molar-refractivity contribution in [2.45, 2.75) is 58.6 Å². The second-order valence-electron chi connectivity index (χ2n) is 5.64. The van der Waals surface area contributed by atoms with Crippen LogP contribution in [0.3, 0.4) is 0 Å². The smallest absolute Gasteiger partial charge is 0.113 e. The van der Waals surface area contributed by atoms with Crippen molar-refractivity contribution >= 4 is 11.3 Å². The molecule has 1 aromatic rings. The average molecular weight is 268 g/mol. The van der Waals surface area contributed by atoms with Gasteiger partial charge < -0.3 is 10.5 Å². The number of nitrogens with zero attached hydrogens (tertiary/aromatic N) is 1. The summed E-state index contributed by atoms with van der Waals surface area (Å²) in [4.78, 5) is 6.07. The summed E-state index contributed by atoms with van der Waals surface area (Å²) in [6.45, 7) is 9.43. The van der Waals surface area contributed by atoms with Gasteiger partial charge in [-0.05, 0) is 32.1 Å². The van der Waals surface area contributed by atoms with Crippen molar-refractivity contribution in [1.29, 1.82) is 0 Å². The van der Waals surface area contributed by atoms with Crippen LogP contribution >= 0.6 is 11.3 Å². The van der Waals surface area contributed by atoms with Crippen molar-refractivity contribution in [2.24, 2.45) is 11.7 Å². The Labute approximate surface area is 114 Å². The maximum atomic E-state index is 6.61. The molecule has 18 heavy (non-hydrogen) atoms. The van der Waals surface area contributed by atoms with Crippen LogP contribution < -0.4 is 5.73 Å². The first-order valence-electron chi connectivity index (χ1n) is 6.83. The number of hydrogen-bond donors (Lipinski definition) is 1. The molecule has 0 bridgehead atoms. The molecule has 2 atom stereocenters. The first kappa shape index (κ1) is 14.0. The Morgan fingerprint density at radius 2 is 2.28 bits per heavy atom. The Bertz CT molecular complexity index is 416. The van der Waals surface area contributed by atoms with Gasteiger partial charge in [0.2, 0.25) is 0 Å². The minimum Gasteiger partial charge on any atom is -0.378 e. The summed E-state index contributed by atoms with van der Waals surface area (Å²) in [6.07, 6.45) is 3.02. The van der Waals surface area contributed by atoms with Crippen LogP contribution in [0.1, 0.15) is 49.2 Å². The van der Waals surface area contributed by atoms with Gasteiger partial charge in [-0.25, -0.2) is 4.98 Å². The van der Waals surface area contributed by atoms with E-state index >= 15 is 0 Å². The van der Waals surface area contributed by atoms with E-state index in [1.165, 1.54) is 10.6 Å². The summed E-state index contributed by atoms with van der Waals surface area (Å²) < 4.78 is 5.82. The van der Waals surface area contributed by atoms with Gasteiger partial charge in [0.15, 0.2) is 0 Å². The lowest BCUT2D eigenvalue weighted by molar-refractivity contribution is -0.0438. The van der Waals surface area contributed by atoms with Gasteiger partial charge in [-0.15, -0.1) is 11.3 Å². The van der Waals surface area contributed by atoms with Crippen molar-refractivity contribution in [3.63, 3.8) is 0 Å². The Morgan fingerprint density at radius 3 is 2.83 bits per heavy atom. The normalized spacial score (nSPS) is 28.9. The highest BCUT2D eigenvalue weighted by atomic mass is 32.1. The van der Waals surface area contributed by atoms with Crippen LogP contribution in [0.25, 0.3) is 0 Å². The molecule has 0 amide bonds. The monoisotopic (exact) mass is 268 g/mol. The summed E-state index contributed by atoms with van der Waals surface area (Å²) in [5.41, 5.74) is 7.53. The molecule has 1 aliphatic rings. The third kappa shape index (κ3) is 2.60. The van der Waals surface area contributed by atoms with Crippen LogP contribution in [0.2, 0.25) is 0 Å². The third-order valence-electron chi connectivity index (χ3n) is 3.84. The van der Waals surface area contributed by atoms with Crippen LogP contribution in [0, 0.1) is 12.8 Å². The quantitative estimate of drug-likeness (QED) is 0.916. The van der Waals surface area contributed by atoms with E-state index in [9.17, 15) is 0 Å². The van der Waals surface area contributed by atoms with E-state index in [-0.39, 0.29) is 11.6 Å². The van der Waals surface area contributed by atoms with E-state index in [0.717, 1.165) is 30.9 Å². The second-order valence-corrected chi connectivity index (χ2v) is 6.84. The molecule has 4 heteroatoms. The molecule has 0 spiro atoms. The fraction of sp³-hybridized carbons (Fsp3) is 0.786. The van der Waals surface area contributed by atoms with Crippen LogP contribution in [0.15, 0.2) is 0 Å². The molecule has 2 unspecified atom stereocenters. The van der Waals surface area contributed by atoms with Gasteiger partial charge >= 0.3 is 0 Å². The Balaban J connectivity index is 2.23. The van der Waals surface area contributed by atoms with E-state index < -0.39 is 0 Å². The topological polar surface area (TPSA) is 48.1 Å². The molecule has 0 radical (unpaired) electrons. The van der Waals surface area contributed by atoms with Gasteiger partial charge in [0.25, 0.3) is 0 Å². The number of aromatic nitrogens is 1. The Hall–Kier alpha value is -0.450. The van der Waals surface area contributed by atoms with Gasteiger partial charge in [0.05, 0.1) is 17.3 Å². The molecule has 1 saturated heterocycles. The first-order chi connectivity index (χ1) is 8.46. The highest BCUT2D eigenvalue weighted by molar-refractivity contribution is 7.11. The number of nitrogens with two attached hydrogens (primary N) is 1. The van der Waals surface area contributed by atoms with Crippen molar-refractivity contribution in [3.05, 3.63) is 15.6 Å². The number of aryl methyl sites for hydroxylation is 2. The molecule has 2 rings (SSSR count). The number of thiazole rings is 1. The summed E-state index contributed by atoms with van der Waals surface area (Å²) in [5, 5.41) is 1.10. The second kappa shape index (κ2) is 5.27. The zero-order chi connectivity index (χ0) is 13.3. The number of ether oxygens (including phenoxy) is 1. The number of rotatable bonds is 3. The van der Waals surface area contributed by atoms with Crippen molar-refractivity contribution in [2.75, 3.05) is 6.61 Å². The molecule has 0 aliphatic carbocycles. The van der Waals surface area contributed by atoms with Gasteiger partial charge in [-0.3, -0.25) is 0 Å². The molecule has 1 aliphatic heterocycles. The van der Waals surface area contributed by atoms with Crippen molar-refractivity contribution in [1.82, 2.24) is 4.98 Å². The third-order valence-corrected chi connectivity index (χ3v) is 5.08. The van der Waals surface area contributed by atoms with Crippen molar-refractivity contribution in [3.8, 4) is 0 Å². The molecule has 2 heterocycles. The van der Waals surface area contributed by atoms with E-state index in [4.69, 9.17) is 15.5 Å². The molecule has 0 saturated carbocycles. The predicted octanol–water partition coefficient (Wildman–Crippen LogP) is 3.00. The van der Waals surface area contributed by atoms with Crippen LogP contribution in [0.4, 0.5) is 0 Å². The zero-order valence-corrected chi connectivity index (χ0v) is 12.6. The van der Waals surface area contributed by atoms with Gasteiger partial charge in [-0.2, -0.15) is 0 Å². The molecule has 102 valence electrons. The van der Waals surface area contributed by atoms with E-state index in [0.29, 0.717) is 5.92 Å². The molecule has 2 N–H and O–H groups in total. The lowest BCUT2D eigenvalue weighted by Crippen LogP contribution is -2.47. The van der Waals surface area contributed by atoms with Gasteiger partial charge in [-0.1, -0.05) is 20.8 Å². The van der Waals surface area contributed by atoms with Gasteiger partial charge in [0.1, 0.15) is 5.01 Å². The summed E-state index contributed by atoms with van der Waals surface area (Å²) in [5.74, 6) is 0.514. The molecular formula is C14H24N2OS. The van der Waals surface area contributed by atoms with Crippen molar-refractivity contribution < 1.29 is 4.74 Å². The number of hydrogen-bond acceptors (Lipinski definition) is 4. The SMILES string of the molecule is CCc1nc(C2(N)CCOC(C(C)C)C2)sc1C. The minimum absolute atomic E-state index is 0.262. The van der Waals surface area contributed by atoms with E-state index in [2.05, 4.69) is 27.7 Å². The molecule has 1 aromatic heterocycles. The summed E-state index contributed by atoms with van der Waals surface area (Å²) in [7, 11) is 0. The maximum Gasteiger partial charge on any atom is 0.113 e. The van der Waals surface area contributed by atoms with E-state index in [1.807, 2.05) is 0 Å². The lowest BCUT2D eigenvalue weighted by Gasteiger charge is -2.38. The highest BCUT2D eigenvalue weighted by Gasteiger charge is 2.38. The first-order valence-corrected chi connectivity index (χ1v) is 7.65. The average Bonchev–Trinajstić information content (AvgIpc) is 2.71. The fourth-order valence-electron chi connectivity index (χ4n) is 2.50. The standard InChI is InChI=1S/C14H24N2OS/c1-5-11-10(4)18-13(16-11)14(15)6-7-17-12(8-14)9(2)3/h9,12H,5-8,15H2,1-4H3. The van der Waals surface area contributed by atoms with Gasteiger partial charge in [0, 0.05) is 11.5 Å². The molecule has 0 aromatic carbocycles. The summed E-state index contributed by atoms with van der Waals surface area (Å²) >= 11 is 1.77. The van der Waals surface area contributed by atoms with E-state index in [1.54, 1.807) is 11.3 Å². The zero-order valence-electron chi connectivity index (χ0n) is 11.8. The summed E-state index contributed by atoms with van der Waals surface area (Å²) in [6, 6.07) is 0. The lowest BCUT2D eigenvalue weighted by atomic mass is 9.84. The molecule has 3 nitrogen and oxygen atoms in total.